The molecule has 0 aliphatic heterocycles. The van der Waals surface area contributed by atoms with Gasteiger partial charge in [0.05, 0.1) is 11.1 Å². The van der Waals surface area contributed by atoms with Crippen LogP contribution >= 0.6 is 23.1 Å². The highest BCUT2D eigenvalue weighted by molar-refractivity contribution is 8.00. The molecule has 0 aliphatic rings. The molecule has 2 nitrogen and oxygen atoms in total. The van der Waals surface area contributed by atoms with Crippen molar-refractivity contribution in [2.75, 3.05) is 5.75 Å². The lowest BCUT2D eigenvalue weighted by Crippen LogP contribution is -2.18. The molecular formula is C10H17NOS2. The van der Waals surface area contributed by atoms with Crippen LogP contribution in [0, 0.1) is 0 Å². The lowest BCUT2D eigenvalue weighted by molar-refractivity contribution is 0.199. The Morgan fingerprint density at radius 3 is 2.79 bits per heavy atom. The number of thioether (sulfide) groups is 1. The number of rotatable bonds is 4. The van der Waals surface area contributed by atoms with Crippen LogP contribution in [0.4, 0.5) is 0 Å². The maximum atomic E-state index is 9.73. The molecule has 0 saturated carbocycles. The molecular weight excluding hydrogens is 214 g/mol. The van der Waals surface area contributed by atoms with E-state index in [-0.39, 0.29) is 10.9 Å². The summed E-state index contributed by atoms with van der Waals surface area (Å²) in [6, 6.07) is 0. The highest BCUT2D eigenvalue weighted by Crippen LogP contribution is 2.24. The first kappa shape index (κ1) is 12.0. The van der Waals surface area contributed by atoms with Crippen LogP contribution in [0.5, 0.6) is 0 Å². The van der Waals surface area contributed by atoms with E-state index in [0.717, 1.165) is 10.8 Å². The average Bonchev–Trinajstić information content (AvgIpc) is 2.52. The van der Waals surface area contributed by atoms with Crippen LogP contribution in [0.1, 0.15) is 25.8 Å². The van der Waals surface area contributed by atoms with E-state index in [1.165, 1.54) is 0 Å². The summed E-state index contributed by atoms with van der Waals surface area (Å²) in [4.78, 5) is 4.15. The predicted octanol–water partition coefficient (Wildman–Crippen LogP) is 2.58. The molecule has 0 spiro atoms. The smallest absolute Gasteiger partial charge is 0.0950 e. The maximum absolute atomic E-state index is 9.73. The van der Waals surface area contributed by atoms with Gasteiger partial charge in [-0.2, -0.15) is 11.8 Å². The number of aromatic nitrogens is 1. The molecule has 0 aliphatic carbocycles. The van der Waals surface area contributed by atoms with Gasteiger partial charge in [0.2, 0.25) is 0 Å². The Hall–Kier alpha value is -0.0600. The second-order valence-electron chi connectivity index (χ2n) is 4.21. The lowest BCUT2D eigenvalue weighted by atomic mass is 10.3. The normalized spacial score (nSPS) is 14.3. The Bertz CT molecular complexity index is 254. The summed E-state index contributed by atoms with van der Waals surface area (Å²) >= 11 is 3.39. The minimum Gasteiger partial charge on any atom is -0.392 e. The Labute approximate surface area is 93.8 Å². The van der Waals surface area contributed by atoms with Gasteiger partial charge in [0.15, 0.2) is 0 Å². The van der Waals surface area contributed by atoms with Crippen LogP contribution in [0.3, 0.4) is 0 Å². The molecule has 1 unspecified atom stereocenters. The van der Waals surface area contributed by atoms with Gasteiger partial charge in [-0.05, 0) is 0 Å². The largest absolute Gasteiger partial charge is 0.392 e. The molecule has 0 aromatic carbocycles. The van der Waals surface area contributed by atoms with Gasteiger partial charge in [0.25, 0.3) is 0 Å². The summed E-state index contributed by atoms with van der Waals surface area (Å²) in [5.41, 5.74) is 0. The number of aliphatic hydroxyl groups is 1. The highest BCUT2D eigenvalue weighted by atomic mass is 32.2. The Balaban J connectivity index is 2.26. The number of nitrogens with zero attached hydrogens (tertiary/aromatic N) is 1. The zero-order valence-electron chi connectivity index (χ0n) is 8.86. The van der Waals surface area contributed by atoms with Crippen molar-refractivity contribution in [1.29, 1.82) is 0 Å². The highest BCUT2D eigenvalue weighted by Gasteiger charge is 2.14. The first-order valence-corrected chi connectivity index (χ1v) is 6.54. The van der Waals surface area contributed by atoms with Gasteiger partial charge in [-0.1, -0.05) is 20.8 Å². The summed E-state index contributed by atoms with van der Waals surface area (Å²) in [5, 5.41) is 12.7. The molecule has 0 bridgehead atoms. The molecule has 14 heavy (non-hydrogen) atoms. The molecule has 1 aromatic heterocycles. The van der Waals surface area contributed by atoms with E-state index in [0.29, 0.717) is 6.42 Å². The van der Waals surface area contributed by atoms with Crippen molar-refractivity contribution in [3.8, 4) is 0 Å². The Morgan fingerprint density at radius 2 is 2.29 bits per heavy atom. The van der Waals surface area contributed by atoms with E-state index in [1.54, 1.807) is 29.3 Å². The van der Waals surface area contributed by atoms with E-state index in [9.17, 15) is 5.11 Å². The van der Waals surface area contributed by atoms with Crippen LogP contribution in [0.25, 0.3) is 0 Å². The lowest BCUT2D eigenvalue weighted by Gasteiger charge is -2.19. The third kappa shape index (κ3) is 4.98. The van der Waals surface area contributed by atoms with E-state index >= 15 is 0 Å². The summed E-state index contributed by atoms with van der Waals surface area (Å²) in [6.07, 6.45) is 2.19. The molecule has 80 valence electrons. The monoisotopic (exact) mass is 231 g/mol. The van der Waals surface area contributed by atoms with Gasteiger partial charge in [0, 0.05) is 28.5 Å². The fourth-order valence-corrected chi connectivity index (χ4v) is 2.46. The molecule has 4 heteroatoms. The van der Waals surface area contributed by atoms with Crippen molar-refractivity contribution >= 4 is 23.1 Å². The second kappa shape index (κ2) is 5.14. The minimum absolute atomic E-state index is 0.226. The number of aliphatic hydroxyl groups excluding tert-OH is 1. The fourth-order valence-electron chi connectivity index (χ4n) is 0.960. The Morgan fingerprint density at radius 1 is 1.57 bits per heavy atom. The molecule has 1 rings (SSSR count). The average molecular weight is 231 g/mol. The zero-order chi connectivity index (χ0) is 10.6. The minimum atomic E-state index is -0.273. The standard InChI is InChI=1S/C10H17NOS2/c1-10(2,3)14-7-8(12)6-9-11-4-5-13-9/h4-5,8,12H,6-7H2,1-3H3. The summed E-state index contributed by atoms with van der Waals surface area (Å²) in [6.45, 7) is 6.48. The van der Waals surface area contributed by atoms with Crippen molar-refractivity contribution in [3.05, 3.63) is 16.6 Å². The summed E-state index contributed by atoms with van der Waals surface area (Å²) < 4.78 is 0.226. The first-order chi connectivity index (χ1) is 6.47. The van der Waals surface area contributed by atoms with Gasteiger partial charge >= 0.3 is 0 Å². The van der Waals surface area contributed by atoms with E-state index in [2.05, 4.69) is 25.8 Å². The quantitative estimate of drug-likeness (QED) is 0.864. The van der Waals surface area contributed by atoms with Gasteiger partial charge in [-0.15, -0.1) is 11.3 Å². The van der Waals surface area contributed by atoms with Crippen molar-refractivity contribution in [1.82, 2.24) is 4.98 Å². The number of hydrogen-bond acceptors (Lipinski definition) is 4. The molecule has 1 N–H and O–H groups in total. The summed E-state index contributed by atoms with van der Waals surface area (Å²) in [7, 11) is 0. The van der Waals surface area contributed by atoms with E-state index in [4.69, 9.17) is 0 Å². The zero-order valence-corrected chi connectivity index (χ0v) is 10.5. The molecule has 0 saturated heterocycles. The SMILES string of the molecule is CC(C)(C)SCC(O)Cc1nccs1. The third-order valence-corrected chi connectivity index (χ3v) is 3.82. The second-order valence-corrected chi connectivity index (χ2v) is 7.03. The van der Waals surface area contributed by atoms with Crippen LogP contribution < -0.4 is 0 Å². The van der Waals surface area contributed by atoms with Gasteiger partial charge in [0.1, 0.15) is 0 Å². The first-order valence-electron chi connectivity index (χ1n) is 4.68. The molecule has 0 amide bonds. The Kier molecular flexibility index (Phi) is 4.41. The fraction of sp³-hybridized carbons (Fsp3) is 0.700. The van der Waals surface area contributed by atoms with Crippen molar-refractivity contribution < 1.29 is 5.11 Å². The predicted molar refractivity (Wildman–Crippen MR) is 64.0 cm³/mol. The van der Waals surface area contributed by atoms with Crippen LogP contribution in [-0.4, -0.2) is 26.7 Å². The molecule has 1 atom stereocenters. The van der Waals surface area contributed by atoms with Crippen LogP contribution in [0.2, 0.25) is 0 Å². The van der Waals surface area contributed by atoms with Gasteiger partial charge in [-0.3, -0.25) is 0 Å². The van der Waals surface area contributed by atoms with Crippen molar-refractivity contribution in [2.24, 2.45) is 0 Å². The maximum Gasteiger partial charge on any atom is 0.0950 e. The molecule has 0 fully saturated rings. The van der Waals surface area contributed by atoms with E-state index in [1.807, 2.05) is 5.38 Å². The molecule has 1 heterocycles. The molecule has 0 radical (unpaired) electrons. The van der Waals surface area contributed by atoms with Gasteiger partial charge < -0.3 is 5.11 Å². The van der Waals surface area contributed by atoms with Crippen LogP contribution in [-0.2, 0) is 6.42 Å². The number of hydrogen-bond donors (Lipinski definition) is 1. The van der Waals surface area contributed by atoms with Crippen LogP contribution in [0.15, 0.2) is 11.6 Å². The summed E-state index contributed by atoms with van der Waals surface area (Å²) in [5.74, 6) is 0.781. The topological polar surface area (TPSA) is 33.1 Å². The van der Waals surface area contributed by atoms with E-state index < -0.39 is 0 Å². The van der Waals surface area contributed by atoms with Crippen molar-refractivity contribution in [3.63, 3.8) is 0 Å². The number of thiazole rings is 1. The van der Waals surface area contributed by atoms with Gasteiger partial charge in [-0.25, -0.2) is 4.98 Å². The third-order valence-electron chi connectivity index (χ3n) is 1.60. The van der Waals surface area contributed by atoms with Crippen molar-refractivity contribution in [2.45, 2.75) is 38.0 Å². The molecule has 1 aromatic rings.